The Morgan fingerprint density at radius 2 is 2.03 bits per heavy atom. The molecule has 5 N–H and O–H groups in total. The van der Waals surface area contributed by atoms with Crippen molar-refractivity contribution in [2.75, 3.05) is 24.5 Å². The zero-order valence-corrected chi connectivity index (χ0v) is 17.6. The third-order valence-electron chi connectivity index (χ3n) is 6.83. The van der Waals surface area contributed by atoms with Crippen LogP contribution in [0, 0.1) is 5.92 Å². The van der Waals surface area contributed by atoms with Crippen molar-refractivity contribution in [2.24, 2.45) is 11.7 Å². The molecule has 10 heteroatoms. The Labute approximate surface area is 185 Å². The Balaban J connectivity index is 1.44. The third kappa shape index (κ3) is 4.19. The topological polar surface area (TPSA) is 91.1 Å². The largest absolute Gasteiger partial charge is 0.419 e. The maximum absolute atomic E-state index is 13.8. The van der Waals surface area contributed by atoms with Crippen molar-refractivity contribution in [1.29, 1.82) is 0 Å². The van der Waals surface area contributed by atoms with Crippen molar-refractivity contribution in [3.8, 4) is 0 Å². The zero-order chi connectivity index (χ0) is 22.3. The first-order valence-electron chi connectivity index (χ1n) is 11.1. The highest BCUT2D eigenvalue weighted by atomic mass is 19.4. The highest BCUT2D eigenvalue weighted by Crippen LogP contribution is 2.41. The van der Waals surface area contributed by atoms with E-state index in [0.29, 0.717) is 18.8 Å². The van der Waals surface area contributed by atoms with Gasteiger partial charge in [0.15, 0.2) is 0 Å². The van der Waals surface area contributed by atoms with Crippen LogP contribution < -0.4 is 26.8 Å². The molecule has 5 heterocycles. The summed E-state index contributed by atoms with van der Waals surface area (Å²) in [4.78, 5) is 10.5. The summed E-state index contributed by atoms with van der Waals surface area (Å²) in [5.74, 6) is 0.176. The van der Waals surface area contributed by atoms with Crippen molar-refractivity contribution in [3.63, 3.8) is 0 Å². The summed E-state index contributed by atoms with van der Waals surface area (Å²) < 4.78 is 41.3. The first-order valence-corrected chi connectivity index (χ1v) is 11.1. The van der Waals surface area contributed by atoms with Crippen LogP contribution in [0.3, 0.4) is 0 Å². The second kappa shape index (κ2) is 8.58. The molecule has 7 nitrogen and oxygen atoms in total. The molecule has 5 rings (SSSR count). The fourth-order valence-electron chi connectivity index (χ4n) is 5.20. The maximum Gasteiger partial charge on any atom is 0.419 e. The van der Waals surface area contributed by atoms with Crippen molar-refractivity contribution in [2.45, 2.75) is 49.6 Å². The number of nitrogens with zero attached hydrogens (tertiary/aromatic N) is 3. The monoisotopic (exact) mass is 447 g/mol. The SMILES string of the molecule is N[C@H]1CCCN(c2nc(C3NNC4CNC(c5cccnc5)CC43)ccc2C(F)(F)F)C1. The van der Waals surface area contributed by atoms with Crippen LogP contribution in [0.1, 0.15) is 48.2 Å². The summed E-state index contributed by atoms with van der Waals surface area (Å²) in [6.45, 7) is 1.67. The molecule has 0 aromatic carbocycles. The zero-order valence-electron chi connectivity index (χ0n) is 17.6. The molecule has 4 unspecified atom stereocenters. The van der Waals surface area contributed by atoms with Gasteiger partial charge in [-0.1, -0.05) is 6.07 Å². The van der Waals surface area contributed by atoms with Crippen molar-refractivity contribution in [3.05, 3.63) is 53.5 Å². The number of fused-ring (bicyclic) bond motifs is 1. The average Bonchev–Trinajstić information content (AvgIpc) is 3.22. The van der Waals surface area contributed by atoms with Gasteiger partial charge in [0.1, 0.15) is 5.82 Å². The van der Waals surface area contributed by atoms with E-state index in [-0.39, 0.29) is 35.9 Å². The second-order valence-corrected chi connectivity index (χ2v) is 8.97. The van der Waals surface area contributed by atoms with Crippen LogP contribution in [0.5, 0.6) is 0 Å². The standard InChI is InChI=1S/C22H28F3N7/c23-22(24,25)16-5-6-17(29-21(16)32-8-2-4-14(26)12-32)20-15-9-18(13-3-1-7-27-10-13)28-11-19(15)30-31-20/h1,3,5-7,10,14-15,18-20,28,30-31H,2,4,8-9,11-12,26H2/t14-,15?,18?,19?,20?/m0/s1. The number of alkyl halides is 3. The van der Waals surface area contributed by atoms with Gasteiger partial charge >= 0.3 is 6.18 Å². The summed E-state index contributed by atoms with van der Waals surface area (Å²) in [5.41, 5.74) is 13.7. The molecule has 3 aliphatic heterocycles. The molecule has 2 aromatic heterocycles. The molecule has 0 aliphatic carbocycles. The Bertz CT molecular complexity index is 939. The quantitative estimate of drug-likeness (QED) is 0.574. The van der Waals surface area contributed by atoms with Gasteiger partial charge < -0.3 is 16.0 Å². The van der Waals surface area contributed by atoms with Gasteiger partial charge in [-0.15, -0.1) is 0 Å². The Hall–Kier alpha value is -2.27. The number of halogens is 3. The van der Waals surface area contributed by atoms with Gasteiger partial charge in [0.25, 0.3) is 0 Å². The van der Waals surface area contributed by atoms with Gasteiger partial charge in [-0.05, 0) is 43.0 Å². The first kappa shape index (κ1) is 21.6. The number of nitrogens with two attached hydrogens (primary N) is 1. The predicted octanol–water partition coefficient (Wildman–Crippen LogP) is 2.29. The highest BCUT2D eigenvalue weighted by molar-refractivity contribution is 5.50. The van der Waals surface area contributed by atoms with E-state index in [9.17, 15) is 13.2 Å². The van der Waals surface area contributed by atoms with Gasteiger partial charge in [0.05, 0.1) is 17.3 Å². The summed E-state index contributed by atoms with van der Waals surface area (Å²) in [6, 6.07) is 6.64. The van der Waals surface area contributed by atoms with Gasteiger partial charge in [-0.25, -0.2) is 10.4 Å². The first-order chi connectivity index (χ1) is 15.4. The van der Waals surface area contributed by atoms with Crippen molar-refractivity contribution in [1.82, 2.24) is 26.1 Å². The van der Waals surface area contributed by atoms with E-state index in [2.05, 4.69) is 26.1 Å². The minimum absolute atomic E-state index is 0.00635. The molecule has 0 radical (unpaired) electrons. The number of hydrazine groups is 1. The number of nitrogens with one attached hydrogen (secondary N) is 3. The van der Waals surface area contributed by atoms with E-state index in [1.54, 1.807) is 11.1 Å². The molecular formula is C22H28F3N7. The normalized spacial score (nSPS) is 30.9. The Morgan fingerprint density at radius 3 is 2.78 bits per heavy atom. The molecular weight excluding hydrogens is 419 g/mol. The molecule has 0 bridgehead atoms. The maximum atomic E-state index is 13.8. The van der Waals surface area contributed by atoms with E-state index in [4.69, 9.17) is 5.73 Å². The molecule has 0 saturated carbocycles. The van der Waals surface area contributed by atoms with Crippen LogP contribution in [0.25, 0.3) is 0 Å². The smallest absolute Gasteiger partial charge is 0.355 e. The van der Waals surface area contributed by atoms with Gasteiger partial charge in [0.2, 0.25) is 0 Å². The fraction of sp³-hybridized carbons (Fsp3) is 0.545. The number of piperidine rings is 2. The van der Waals surface area contributed by atoms with Crippen LogP contribution in [0.2, 0.25) is 0 Å². The van der Waals surface area contributed by atoms with E-state index >= 15 is 0 Å². The number of anilines is 1. The highest BCUT2D eigenvalue weighted by Gasteiger charge is 2.43. The van der Waals surface area contributed by atoms with E-state index in [1.165, 1.54) is 12.1 Å². The second-order valence-electron chi connectivity index (χ2n) is 8.97. The number of pyridine rings is 2. The molecule has 0 spiro atoms. The fourth-order valence-corrected chi connectivity index (χ4v) is 5.20. The number of hydrogen-bond acceptors (Lipinski definition) is 7. The van der Waals surface area contributed by atoms with Crippen LogP contribution >= 0.6 is 0 Å². The van der Waals surface area contributed by atoms with Crippen molar-refractivity contribution < 1.29 is 13.2 Å². The van der Waals surface area contributed by atoms with E-state index < -0.39 is 11.7 Å². The van der Waals surface area contributed by atoms with Gasteiger partial charge in [-0.2, -0.15) is 13.2 Å². The van der Waals surface area contributed by atoms with E-state index in [1.807, 2.05) is 18.3 Å². The lowest BCUT2D eigenvalue weighted by atomic mass is 9.81. The Morgan fingerprint density at radius 1 is 1.16 bits per heavy atom. The summed E-state index contributed by atoms with van der Waals surface area (Å²) in [6.07, 6.45) is 1.54. The summed E-state index contributed by atoms with van der Waals surface area (Å²) in [5, 5.41) is 3.54. The molecule has 3 saturated heterocycles. The summed E-state index contributed by atoms with van der Waals surface area (Å²) in [7, 11) is 0. The molecule has 2 aromatic rings. The lowest BCUT2D eigenvalue weighted by Gasteiger charge is -2.35. The number of rotatable bonds is 3. The van der Waals surface area contributed by atoms with Gasteiger partial charge in [-0.3, -0.25) is 10.4 Å². The predicted molar refractivity (Wildman–Crippen MR) is 115 cm³/mol. The Kier molecular flexibility index (Phi) is 5.79. The lowest BCUT2D eigenvalue weighted by Crippen LogP contribution is -2.46. The molecule has 3 aliphatic rings. The molecule has 3 fully saturated rings. The van der Waals surface area contributed by atoms with E-state index in [0.717, 1.165) is 31.4 Å². The van der Waals surface area contributed by atoms with Crippen molar-refractivity contribution >= 4 is 5.82 Å². The minimum atomic E-state index is -4.47. The molecule has 5 atom stereocenters. The average molecular weight is 448 g/mol. The summed E-state index contributed by atoms with van der Waals surface area (Å²) >= 11 is 0. The van der Waals surface area contributed by atoms with Gasteiger partial charge in [0, 0.05) is 56.1 Å². The molecule has 0 amide bonds. The lowest BCUT2D eigenvalue weighted by molar-refractivity contribution is -0.137. The van der Waals surface area contributed by atoms with Crippen LogP contribution in [0.15, 0.2) is 36.7 Å². The molecule has 32 heavy (non-hydrogen) atoms. The molecule has 172 valence electrons. The number of aromatic nitrogens is 2. The number of hydrogen-bond donors (Lipinski definition) is 4. The van der Waals surface area contributed by atoms with Crippen LogP contribution in [0.4, 0.5) is 19.0 Å². The van der Waals surface area contributed by atoms with Crippen LogP contribution in [-0.2, 0) is 6.18 Å². The minimum Gasteiger partial charge on any atom is -0.355 e. The third-order valence-corrected chi connectivity index (χ3v) is 6.83. The van der Waals surface area contributed by atoms with Crippen LogP contribution in [-0.4, -0.2) is 41.7 Å².